The molecule has 0 amide bonds. The molecule has 3 heterocycles. The highest BCUT2D eigenvalue weighted by molar-refractivity contribution is 7.26. The van der Waals surface area contributed by atoms with E-state index in [2.05, 4.69) is 23.0 Å². The normalized spacial score (nSPS) is 11.4. The van der Waals surface area contributed by atoms with E-state index < -0.39 is 0 Å². The topological polar surface area (TPSA) is 38.7 Å². The molecule has 0 bridgehead atoms. The van der Waals surface area contributed by atoms with Gasteiger partial charge in [0.2, 0.25) is 0 Å². The van der Waals surface area contributed by atoms with Crippen LogP contribution >= 0.6 is 22.9 Å². The highest BCUT2D eigenvalue weighted by atomic mass is 35.5. The summed E-state index contributed by atoms with van der Waals surface area (Å²) in [6.45, 7) is 4.08. The first-order chi connectivity index (χ1) is 10.6. The maximum Gasteiger partial charge on any atom is 0.161 e. The molecular formula is C17H12ClN3S. The molecule has 5 heteroatoms. The highest BCUT2D eigenvalue weighted by Crippen LogP contribution is 2.38. The second-order valence-corrected chi connectivity index (χ2v) is 6.60. The van der Waals surface area contributed by atoms with Gasteiger partial charge in [0.25, 0.3) is 0 Å². The number of thiophene rings is 1. The lowest BCUT2D eigenvalue weighted by molar-refractivity contribution is 1.23. The van der Waals surface area contributed by atoms with E-state index in [1.165, 1.54) is 5.56 Å². The Hall–Kier alpha value is -2.04. The van der Waals surface area contributed by atoms with Crippen LogP contribution in [-0.4, -0.2) is 15.0 Å². The number of halogens is 1. The van der Waals surface area contributed by atoms with Gasteiger partial charge in [0.1, 0.15) is 4.83 Å². The Balaban J connectivity index is 2.10. The third-order valence-electron chi connectivity index (χ3n) is 3.60. The molecule has 4 rings (SSSR count). The number of aryl methyl sites for hydroxylation is 2. The summed E-state index contributed by atoms with van der Waals surface area (Å²) in [5, 5.41) is 1.57. The van der Waals surface area contributed by atoms with Crippen molar-refractivity contribution in [1.82, 2.24) is 15.0 Å². The predicted octanol–water partition coefficient (Wildman–Crippen LogP) is 5.18. The first kappa shape index (κ1) is 13.6. The fourth-order valence-electron chi connectivity index (χ4n) is 2.66. The molecule has 1 aromatic carbocycles. The minimum atomic E-state index is 0.490. The monoisotopic (exact) mass is 325 g/mol. The van der Waals surface area contributed by atoms with Crippen LogP contribution in [0.3, 0.4) is 0 Å². The van der Waals surface area contributed by atoms with Gasteiger partial charge in [0.05, 0.1) is 10.2 Å². The van der Waals surface area contributed by atoms with Crippen molar-refractivity contribution < 1.29 is 0 Å². The van der Waals surface area contributed by atoms with Gasteiger partial charge >= 0.3 is 0 Å². The molecule has 108 valence electrons. The zero-order valence-corrected chi connectivity index (χ0v) is 13.7. The molecule has 3 aromatic heterocycles. The maximum atomic E-state index is 6.41. The van der Waals surface area contributed by atoms with E-state index in [1.807, 2.05) is 37.3 Å². The van der Waals surface area contributed by atoms with Gasteiger partial charge in [0.15, 0.2) is 11.0 Å². The van der Waals surface area contributed by atoms with E-state index in [0.29, 0.717) is 11.0 Å². The zero-order chi connectivity index (χ0) is 15.3. The molecule has 0 saturated heterocycles. The molecule has 4 aromatic rings. The van der Waals surface area contributed by atoms with Crippen molar-refractivity contribution in [2.75, 3.05) is 0 Å². The van der Waals surface area contributed by atoms with Crippen molar-refractivity contribution in [3.8, 4) is 11.4 Å². The number of hydrogen-bond acceptors (Lipinski definition) is 4. The predicted molar refractivity (Wildman–Crippen MR) is 92.6 cm³/mol. The smallest absolute Gasteiger partial charge is 0.161 e. The standard InChI is InChI=1S/C17H12ClN3S/c1-9-8-10(2)19-17-12(9)13-14(22-17)15(18)21-16(20-13)11-6-4-3-5-7-11/h3-8H,1-2H3. The molecule has 0 atom stereocenters. The maximum absolute atomic E-state index is 6.41. The molecule has 0 spiro atoms. The molecule has 3 nitrogen and oxygen atoms in total. The first-order valence-electron chi connectivity index (χ1n) is 6.93. The Morgan fingerprint density at radius 1 is 1.00 bits per heavy atom. The third kappa shape index (κ3) is 2.07. The first-order valence-corrected chi connectivity index (χ1v) is 8.12. The molecule has 22 heavy (non-hydrogen) atoms. The largest absolute Gasteiger partial charge is 0.242 e. The Kier molecular flexibility index (Phi) is 3.10. The number of rotatable bonds is 1. The number of nitrogens with zero attached hydrogens (tertiary/aromatic N) is 3. The van der Waals surface area contributed by atoms with Crippen LogP contribution < -0.4 is 0 Å². The summed E-state index contributed by atoms with van der Waals surface area (Å²) >= 11 is 7.96. The lowest BCUT2D eigenvalue weighted by Crippen LogP contribution is -1.90. The summed E-state index contributed by atoms with van der Waals surface area (Å²) in [6, 6.07) is 12.0. The number of benzene rings is 1. The Bertz CT molecular complexity index is 1010. The minimum absolute atomic E-state index is 0.490. The SMILES string of the molecule is Cc1cc(C)c2c(n1)sc1c(Cl)nc(-c3ccccc3)nc12. The zero-order valence-electron chi connectivity index (χ0n) is 12.1. The summed E-state index contributed by atoms with van der Waals surface area (Å²) in [5.41, 5.74) is 4.03. The molecule has 0 fully saturated rings. The van der Waals surface area contributed by atoms with Gasteiger partial charge in [-0.05, 0) is 25.5 Å². The third-order valence-corrected chi connectivity index (χ3v) is 5.07. The molecule has 0 radical (unpaired) electrons. The van der Waals surface area contributed by atoms with Crippen molar-refractivity contribution in [3.63, 3.8) is 0 Å². The average Bonchev–Trinajstić information content (AvgIpc) is 2.87. The summed E-state index contributed by atoms with van der Waals surface area (Å²) in [7, 11) is 0. The van der Waals surface area contributed by atoms with Crippen molar-refractivity contribution in [2.24, 2.45) is 0 Å². The van der Waals surface area contributed by atoms with Gasteiger partial charge in [0, 0.05) is 16.6 Å². The molecule has 0 N–H and O–H groups in total. The van der Waals surface area contributed by atoms with Gasteiger partial charge < -0.3 is 0 Å². The van der Waals surface area contributed by atoms with Crippen molar-refractivity contribution >= 4 is 43.4 Å². The minimum Gasteiger partial charge on any atom is -0.242 e. The van der Waals surface area contributed by atoms with Gasteiger partial charge in [-0.25, -0.2) is 15.0 Å². The van der Waals surface area contributed by atoms with Gasteiger partial charge in [-0.15, -0.1) is 11.3 Å². The number of hydrogen-bond donors (Lipinski definition) is 0. The molecule has 0 aliphatic heterocycles. The number of fused-ring (bicyclic) bond motifs is 3. The fourth-order valence-corrected chi connectivity index (χ4v) is 4.06. The second kappa shape index (κ2) is 5.00. The average molecular weight is 326 g/mol. The second-order valence-electron chi connectivity index (χ2n) is 5.24. The van der Waals surface area contributed by atoms with Crippen molar-refractivity contribution in [3.05, 3.63) is 52.8 Å². The lowest BCUT2D eigenvalue weighted by Gasteiger charge is -2.02. The van der Waals surface area contributed by atoms with Crippen LogP contribution in [0.2, 0.25) is 5.15 Å². The van der Waals surface area contributed by atoms with Crippen LogP contribution in [0.25, 0.3) is 31.8 Å². The summed E-state index contributed by atoms with van der Waals surface area (Å²) in [5.74, 6) is 0.651. The Morgan fingerprint density at radius 2 is 1.77 bits per heavy atom. The Morgan fingerprint density at radius 3 is 2.55 bits per heavy atom. The van der Waals surface area contributed by atoms with Crippen molar-refractivity contribution in [2.45, 2.75) is 13.8 Å². The van der Waals surface area contributed by atoms with E-state index in [9.17, 15) is 0 Å². The summed E-state index contributed by atoms with van der Waals surface area (Å²) in [4.78, 5) is 14.8. The fraction of sp³-hybridized carbons (Fsp3) is 0.118. The highest BCUT2D eigenvalue weighted by Gasteiger charge is 2.16. The van der Waals surface area contributed by atoms with E-state index >= 15 is 0 Å². The van der Waals surface area contributed by atoms with E-state index in [0.717, 1.165) is 31.7 Å². The number of pyridine rings is 1. The van der Waals surface area contributed by atoms with Gasteiger partial charge in [-0.2, -0.15) is 0 Å². The molecule has 0 aliphatic carbocycles. The Labute approximate surface area is 136 Å². The number of aromatic nitrogens is 3. The van der Waals surface area contributed by atoms with Gasteiger partial charge in [-0.3, -0.25) is 0 Å². The van der Waals surface area contributed by atoms with E-state index in [4.69, 9.17) is 16.6 Å². The van der Waals surface area contributed by atoms with Crippen LogP contribution in [-0.2, 0) is 0 Å². The van der Waals surface area contributed by atoms with Crippen LogP contribution in [0.15, 0.2) is 36.4 Å². The summed E-state index contributed by atoms with van der Waals surface area (Å²) < 4.78 is 0.901. The molecule has 0 unspecified atom stereocenters. The van der Waals surface area contributed by atoms with Gasteiger partial charge in [-0.1, -0.05) is 41.9 Å². The molecule has 0 aliphatic rings. The lowest BCUT2D eigenvalue weighted by atomic mass is 10.1. The van der Waals surface area contributed by atoms with Crippen LogP contribution in [0.4, 0.5) is 0 Å². The molecular weight excluding hydrogens is 314 g/mol. The van der Waals surface area contributed by atoms with Crippen LogP contribution in [0.1, 0.15) is 11.3 Å². The van der Waals surface area contributed by atoms with Crippen molar-refractivity contribution in [1.29, 1.82) is 0 Å². The molecule has 0 saturated carbocycles. The quantitative estimate of drug-likeness (QED) is 0.453. The van der Waals surface area contributed by atoms with Crippen LogP contribution in [0, 0.1) is 13.8 Å². The van der Waals surface area contributed by atoms with E-state index in [-0.39, 0.29) is 0 Å². The van der Waals surface area contributed by atoms with Crippen LogP contribution in [0.5, 0.6) is 0 Å². The van der Waals surface area contributed by atoms with E-state index in [1.54, 1.807) is 11.3 Å². The summed E-state index contributed by atoms with van der Waals surface area (Å²) in [6.07, 6.45) is 0.